The Hall–Kier alpha value is -0.720. The Morgan fingerprint density at radius 2 is 1.54 bits per heavy atom. The summed E-state index contributed by atoms with van der Waals surface area (Å²) in [5.41, 5.74) is 0. The normalized spacial score (nSPS) is 10.7. The summed E-state index contributed by atoms with van der Waals surface area (Å²) in [5.74, 6) is -2.62. The first-order valence-corrected chi connectivity index (χ1v) is 4.28. The summed E-state index contributed by atoms with van der Waals surface area (Å²) in [6.45, 7) is 0. The van der Waals surface area contributed by atoms with Crippen LogP contribution < -0.4 is 0 Å². The molecule has 0 aliphatic carbocycles. The fourth-order valence-electron chi connectivity index (χ4n) is 0.729. The van der Waals surface area contributed by atoms with Crippen LogP contribution in [-0.4, -0.2) is 13.0 Å². The van der Waals surface area contributed by atoms with Gasteiger partial charge in [-0.25, -0.2) is 8.78 Å². The van der Waals surface area contributed by atoms with E-state index in [-0.39, 0.29) is 12.4 Å². The molecule has 0 heterocycles. The third kappa shape index (κ3) is 2.61. The number of rotatable bonds is 1. The van der Waals surface area contributed by atoms with Gasteiger partial charge in [0, 0.05) is 0 Å². The Bertz CT molecular complexity index is 384. The van der Waals surface area contributed by atoms with E-state index in [2.05, 4.69) is 0 Å². The van der Waals surface area contributed by atoms with E-state index in [9.17, 15) is 17.2 Å². The first kappa shape index (κ1) is 12.3. The Kier molecular flexibility index (Phi) is 3.77. The third-order valence-electron chi connectivity index (χ3n) is 1.18. The lowest BCUT2D eigenvalue weighted by molar-refractivity contribution is 0.456. The SMILES string of the molecule is Cl.O=S(=O)(O)c1c(F)cccc1F. The zero-order chi connectivity index (χ0) is 9.35. The van der Waals surface area contributed by atoms with Gasteiger partial charge in [0.1, 0.15) is 11.6 Å². The molecular weight excluding hydrogens is 226 g/mol. The summed E-state index contributed by atoms with van der Waals surface area (Å²) in [4.78, 5) is -1.31. The van der Waals surface area contributed by atoms with Gasteiger partial charge in [-0.05, 0) is 12.1 Å². The second kappa shape index (κ2) is 3.99. The Morgan fingerprint density at radius 1 is 1.15 bits per heavy atom. The van der Waals surface area contributed by atoms with Crippen molar-refractivity contribution in [2.75, 3.05) is 0 Å². The van der Waals surface area contributed by atoms with Crippen LogP contribution in [0.5, 0.6) is 0 Å². The summed E-state index contributed by atoms with van der Waals surface area (Å²) >= 11 is 0. The molecule has 13 heavy (non-hydrogen) atoms. The molecule has 1 aromatic carbocycles. The topological polar surface area (TPSA) is 54.4 Å². The average Bonchev–Trinajstić information content (AvgIpc) is 1.82. The van der Waals surface area contributed by atoms with E-state index in [4.69, 9.17) is 4.55 Å². The molecule has 0 atom stereocenters. The second-order valence-electron chi connectivity index (χ2n) is 2.03. The third-order valence-corrected chi connectivity index (χ3v) is 2.08. The van der Waals surface area contributed by atoms with Gasteiger partial charge >= 0.3 is 0 Å². The maximum atomic E-state index is 12.6. The highest BCUT2D eigenvalue weighted by Crippen LogP contribution is 2.17. The van der Waals surface area contributed by atoms with Gasteiger partial charge in [-0.1, -0.05) is 6.07 Å². The Balaban J connectivity index is 0.00000144. The molecule has 0 aliphatic heterocycles. The van der Waals surface area contributed by atoms with E-state index in [1.54, 1.807) is 0 Å². The minimum absolute atomic E-state index is 0. The largest absolute Gasteiger partial charge is 0.300 e. The van der Waals surface area contributed by atoms with E-state index in [0.717, 1.165) is 18.2 Å². The van der Waals surface area contributed by atoms with Crippen LogP contribution in [0.1, 0.15) is 0 Å². The van der Waals surface area contributed by atoms with Crippen molar-refractivity contribution in [3.05, 3.63) is 29.8 Å². The minimum Gasteiger partial charge on any atom is -0.282 e. The molecule has 0 fully saturated rings. The van der Waals surface area contributed by atoms with Crippen molar-refractivity contribution in [3.8, 4) is 0 Å². The van der Waals surface area contributed by atoms with Gasteiger partial charge in [0.15, 0.2) is 4.90 Å². The van der Waals surface area contributed by atoms with Crippen molar-refractivity contribution in [2.45, 2.75) is 4.90 Å². The van der Waals surface area contributed by atoms with Crippen LogP contribution in [0.3, 0.4) is 0 Å². The molecule has 0 amide bonds. The standard InChI is InChI=1S/C6H4F2O3S.ClH/c7-4-2-1-3-5(8)6(4)12(9,10)11;/h1-3H,(H,9,10,11);1H. The van der Waals surface area contributed by atoms with Crippen molar-refractivity contribution in [2.24, 2.45) is 0 Å². The Morgan fingerprint density at radius 3 is 1.77 bits per heavy atom. The summed E-state index contributed by atoms with van der Waals surface area (Å²) in [5, 5.41) is 0. The van der Waals surface area contributed by atoms with E-state index in [1.165, 1.54) is 0 Å². The van der Waals surface area contributed by atoms with Crippen LogP contribution in [0.2, 0.25) is 0 Å². The maximum Gasteiger partial charge on any atom is 0.300 e. The van der Waals surface area contributed by atoms with Crippen molar-refractivity contribution >= 4 is 22.5 Å². The molecule has 0 saturated heterocycles. The molecule has 74 valence electrons. The number of halogens is 3. The molecule has 1 rings (SSSR count). The van der Waals surface area contributed by atoms with Gasteiger partial charge in [-0.3, -0.25) is 4.55 Å². The lowest BCUT2D eigenvalue weighted by atomic mass is 10.3. The van der Waals surface area contributed by atoms with E-state index in [0.29, 0.717) is 0 Å². The zero-order valence-electron chi connectivity index (χ0n) is 6.07. The van der Waals surface area contributed by atoms with Crippen molar-refractivity contribution in [1.82, 2.24) is 0 Å². The molecule has 0 radical (unpaired) electrons. The van der Waals surface area contributed by atoms with Gasteiger partial charge in [0.05, 0.1) is 0 Å². The quantitative estimate of drug-likeness (QED) is 0.746. The van der Waals surface area contributed by atoms with Gasteiger partial charge < -0.3 is 0 Å². The molecule has 0 aromatic heterocycles. The first-order valence-electron chi connectivity index (χ1n) is 2.84. The highest BCUT2D eigenvalue weighted by Gasteiger charge is 2.20. The molecule has 0 spiro atoms. The molecular formula is C6H5ClF2O3S. The summed E-state index contributed by atoms with van der Waals surface area (Å²) < 4.78 is 54.2. The van der Waals surface area contributed by atoms with Crippen LogP contribution in [0.15, 0.2) is 23.1 Å². The predicted octanol–water partition coefficient (Wildman–Crippen LogP) is 1.63. The molecule has 0 saturated carbocycles. The summed E-state index contributed by atoms with van der Waals surface area (Å²) in [6.07, 6.45) is 0. The lowest BCUT2D eigenvalue weighted by Gasteiger charge is -1.98. The van der Waals surface area contributed by atoms with Gasteiger partial charge in [-0.15, -0.1) is 12.4 Å². The molecule has 1 N–H and O–H groups in total. The Labute approximate surface area is 79.5 Å². The molecule has 3 nitrogen and oxygen atoms in total. The maximum absolute atomic E-state index is 12.6. The highest BCUT2D eigenvalue weighted by molar-refractivity contribution is 7.85. The second-order valence-corrected chi connectivity index (χ2v) is 3.38. The van der Waals surface area contributed by atoms with Gasteiger partial charge in [0.25, 0.3) is 10.1 Å². The minimum atomic E-state index is -4.81. The number of benzene rings is 1. The van der Waals surface area contributed by atoms with Crippen molar-refractivity contribution in [3.63, 3.8) is 0 Å². The van der Waals surface area contributed by atoms with Crippen LogP contribution in [0.4, 0.5) is 8.78 Å². The van der Waals surface area contributed by atoms with Gasteiger partial charge in [0.2, 0.25) is 0 Å². The lowest BCUT2D eigenvalue weighted by Crippen LogP contribution is -2.04. The van der Waals surface area contributed by atoms with E-state index < -0.39 is 26.6 Å². The van der Waals surface area contributed by atoms with Crippen LogP contribution in [0, 0.1) is 11.6 Å². The average molecular weight is 231 g/mol. The number of hydrogen-bond acceptors (Lipinski definition) is 2. The van der Waals surface area contributed by atoms with Crippen molar-refractivity contribution in [1.29, 1.82) is 0 Å². The van der Waals surface area contributed by atoms with E-state index in [1.807, 2.05) is 0 Å². The molecule has 7 heteroatoms. The molecule has 0 unspecified atom stereocenters. The van der Waals surface area contributed by atoms with E-state index >= 15 is 0 Å². The monoisotopic (exact) mass is 230 g/mol. The highest BCUT2D eigenvalue weighted by atomic mass is 35.5. The van der Waals surface area contributed by atoms with Crippen LogP contribution in [0.25, 0.3) is 0 Å². The fourth-order valence-corrected chi connectivity index (χ4v) is 1.36. The number of hydrogen-bond donors (Lipinski definition) is 1. The van der Waals surface area contributed by atoms with Crippen molar-refractivity contribution < 1.29 is 21.8 Å². The van der Waals surface area contributed by atoms with Gasteiger partial charge in [-0.2, -0.15) is 8.42 Å². The molecule has 0 aliphatic rings. The smallest absolute Gasteiger partial charge is 0.282 e. The fraction of sp³-hybridized carbons (Fsp3) is 0. The molecule has 1 aromatic rings. The molecule has 0 bridgehead atoms. The first-order chi connectivity index (χ1) is 5.43. The zero-order valence-corrected chi connectivity index (χ0v) is 7.70. The summed E-state index contributed by atoms with van der Waals surface area (Å²) in [7, 11) is -4.81. The predicted molar refractivity (Wildman–Crippen MR) is 43.4 cm³/mol. The summed E-state index contributed by atoms with van der Waals surface area (Å²) in [6, 6.07) is 2.48. The van der Waals surface area contributed by atoms with Crippen LogP contribution in [-0.2, 0) is 10.1 Å². The van der Waals surface area contributed by atoms with Crippen LogP contribution >= 0.6 is 12.4 Å².